The summed E-state index contributed by atoms with van der Waals surface area (Å²) in [5.41, 5.74) is 4.12. The molecule has 3 nitrogen and oxygen atoms in total. The number of carbonyl (C=O) groups is 1. The van der Waals surface area contributed by atoms with E-state index in [1.54, 1.807) is 0 Å². The zero-order chi connectivity index (χ0) is 15.9. The minimum Gasteiger partial charge on any atom is -0.339 e. The monoisotopic (exact) mass is 336 g/mol. The zero-order valence-electron chi connectivity index (χ0n) is 14.7. The molecule has 0 radical (unpaired) electrons. The minimum atomic E-state index is 0. The van der Waals surface area contributed by atoms with E-state index in [9.17, 15) is 4.79 Å². The quantitative estimate of drug-likeness (QED) is 0.914. The average Bonchev–Trinajstić information content (AvgIpc) is 3.21. The number of hydrogen-bond donors (Lipinski definition) is 1. The standard InChI is InChI=1S/C19H28N2O.ClH/c1-13-5-6-14(2)16(11-13)15(3)21(4)18(22)17-12-19(17)7-9-20-10-8-19;/h5-6,11,15,17,20H,7-10,12H2,1-4H3;1H. The fraction of sp³-hybridized carbons (Fsp3) is 0.632. The number of benzene rings is 1. The molecule has 23 heavy (non-hydrogen) atoms. The van der Waals surface area contributed by atoms with Gasteiger partial charge in [-0.3, -0.25) is 4.79 Å². The summed E-state index contributed by atoms with van der Waals surface area (Å²) in [4.78, 5) is 14.9. The predicted molar refractivity (Wildman–Crippen MR) is 97.0 cm³/mol. The molecule has 2 atom stereocenters. The molecule has 1 aliphatic heterocycles. The van der Waals surface area contributed by atoms with Gasteiger partial charge in [-0.25, -0.2) is 0 Å². The molecule has 1 N–H and O–H groups in total. The van der Waals surface area contributed by atoms with E-state index in [2.05, 4.69) is 44.3 Å². The Hall–Kier alpha value is -1.06. The molecule has 1 amide bonds. The second-order valence-electron chi connectivity index (χ2n) is 7.35. The summed E-state index contributed by atoms with van der Waals surface area (Å²) in [5.74, 6) is 0.600. The SMILES string of the molecule is Cc1ccc(C)c(C(C)N(C)C(=O)C2CC23CCNCC3)c1.Cl. The number of aryl methyl sites for hydroxylation is 2. The number of rotatable bonds is 3. The van der Waals surface area contributed by atoms with Crippen molar-refractivity contribution in [2.24, 2.45) is 11.3 Å². The number of halogens is 1. The normalized spacial score (nSPS) is 23.0. The van der Waals surface area contributed by atoms with E-state index < -0.39 is 0 Å². The minimum absolute atomic E-state index is 0. The fourth-order valence-corrected chi connectivity index (χ4v) is 4.03. The summed E-state index contributed by atoms with van der Waals surface area (Å²) in [7, 11) is 1.97. The first-order chi connectivity index (χ1) is 10.4. The lowest BCUT2D eigenvalue weighted by Gasteiger charge is -2.29. The highest BCUT2D eigenvalue weighted by Gasteiger charge is 2.58. The summed E-state index contributed by atoms with van der Waals surface area (Å²) in [6.45, 7) is 8.54. The summed E-state index contributed by atoms with van der Waals surface area (Å²) >= 11 is 0. The Bertz CT molecular complexity index is 581. The second-order valence-corrected chi connectivity index (χ2v) is 7.35. The fourth-order valence-electron chi connectivity index (χ4n) is 4.03. The Balaban J connectivity index is 0.00000192. The molecule has 1 saturated carbocycles. The third kappa shape index (κ3) is 3.41. The highest BCUT2D eigenvalue weighted by atomic mass is 35.5. The van der Waals surface area contributed by atoms with Crippen molar-refractivity contribution in [3.63, 3.8) is 0 Å². The van der Waals surface area contributed by atoms with E-state index in [1.165, 1.54) is 16.7 Å². The molecule has 1 aromatic carbocycles. The largest absolute Gasteiger partial charge is 0.339 e. The van der Waals surface area contributed by atoms with E-state index in [-0.39, 0.29) is 24.4 Å². The van der Waals surface area contributed by atoms with Crippen molar-refractivity contribution in [3.8, 4) is 0 Å². The smallest absolute Gasteiger partial charge is 0.226 e. The molecule has 2 aliphatic rings. The van der Waals surface area contributed by atoms with E-state index in [1.807, 2.05) is 11.9 Å². The maximum atomic E-state index is 12.9. The summed E-state index contributed by atoms with van der Waals surface area (Å²) in [6.07, 6.45) is 3.42. The first-order valence-corrected chi connectivity index (χ1v) is 8.49. The summed E-state index contributed by atoms with van der Waals surface area (Å²) in [6, 6.07) is 6.66. The molecule has 128 valence electrons. The van der Waals surface area contributed by atoms with Crippen molar-refractivity contribution >= 4 is 18.3 Å². The molecule has 1 saturated heterocycles. The lowest BCUT2D eigenvalue weighted by molar-refractivity contribution is -0.134. The van der Waals surface area contributed by atoms with Gasteiger partial charge in [0.15, 0.2) is 0 Å². The summed E-state index contributed by atoms with van der Waals surface area (Å²) in [5, 5.41) is 3.41. The van der Waals surface area contributed by atoms with Crippen molar-refractivity contribution in [1.82, 2.24) is 10.2 Å². The number of hydrogen-bond acceptors (Lipinski definition) is 2. The molecule has 1 heterocycles. The van der Waals surface area contributed by atoms with Crippen LogP contribution in [0.3, 0.4) is 0 Å². The Morgan fingerprint density at radius 1 is 1.30 bits per heavy atom. The van der Waals surface area contributed by atoms with Gasteiger partial charge in [-0.15, -0.1) is 12.4 Å². The molecule has 3 rings (SSSR count). The third-order valence-corrected chi connectivity index (χ3v) is 5.90. The van der Waals surface area contributed by atoms with Gasteiger partial charge in [-0.1, -0.05) is 23.8 Å². The van der Waals surface area contributed by atoms with Gasteiger partial charge in [0.25, 0.3) is 0 Å². The molecule has 1 aliphatic carbocycles. The molecule has 2 fully saturated rings. The van der Waals surface area contributed by atoms with E-state index in [4.69, 9.17) is 0 Å². The van der Waals surface area contributed by atoms with Crippen LogP contribution >= 0.6 is 12.4 Å². The highest BCUT2D eigenvalue weighted by molar-refractivity contribution is 5.85. The van der Waals surface area contributed by atoms with Crippen LogP contribution in [-0.4, -0.2) is 30.9 Å². The maximum absolute atomic E-state index is 12.9. The van der Waals surface area contributed by atoms with Crippen LogP contribution in [0.15, 0.2) is 18.2 Å². The Labute approximate surface area is 146 Å². The number of carbonyl (C=O) groups excluding carboxylic acids is 1. The molecule has 1 aromatic rings. The van der Waals surface area contributed by atoms with E-state index >= 15 is 0 Å². The van der Waals surface area contributed by atoms with Gasteiger partial charge in [-0.05, 0) is 69.7 Å². The van der Waals surface area contributed by atoms with Gasteiger partial charge < -0.3 is 10.2 Å². The lowest BCUT2D eigenvalue weighted by atomic mass is 9.91. The average molecular weight is 337 g/mol. The number of nitrogens with zero attached hydrogens (tertiary/aromatic N) is 1. The lowest BCUT2D eigenvalue weighted by Crippen LogP contribution is -2.36. The Morgan fingerprint density at radius 3 is 2.61 bits per heavy atom. The maximum Gasteiger partial charge on any atom is 0.226 e. The van der Waals surface area contributed by atoms with Crippen molar-refractivity contribution in [2.45, 2.75) is 46.1 Å². The van der Waals surface area contributed by atoms with Crippen LogP contribution in [0.5, 0.6) is 0 Å². The van der Waals surface area contributed by atoms with Crippen LogP contribution in [0.4, 0.5) is 0 Å². The van der Waals surface area contributed by atoms with Crippen molar-refractivity contribution in [1.29, 1.82) is 0 Å². The van der Waals surface area contributed by atoms with E-state index in [0.717, 1.165) is 32.4 Å². The van der Waals surface area contributed by atoms with Gasteiger partial charge in [0.2, 0.25) is 5.91 Å². The molecule has 2 unspecified atom stereocenters. The predicted octanol–water partition coefficient (Wildman–Crippen LogP) is 3.63. The Kier molecular flexibility index (Phi) is 5.42. The molecule has 0 aromatic heterocycles. The second kappa shape index (κ2) is 6.82. The van der Waals surface area contributed by atoms with Crippen molar-refractivity contribution < 1.29 is 4.79 Å². The molecule has 1 spiro atoms. The third-order valence-electron chi connectivity index (χ3n) is 5.90. The topological polar surface area (TPSA) is 32.3 Å². The van der Waals surface area contributed by atoms with E-state index in [0.29, 0.717) is 11.3 Å². The van der Waals surface area contributed by atoms with Crippen LogP contribution in [0.1, 0.15) is 48.9 Å². The first kappa shape index (κ1) is 18.3. The highest BCUT2D eigenvalue weighted by Crippen LogP contribution is 2.59. The van der Waals surface area contributed by atoms with Gasteiger partial charge in [0.05, 0.1) is 6.04 Å². The van der Waals surface area contributed by atoms with Gasteiger partial charge >= 0.3 is 0 Å². The molecule has 0 bridgehead atoms. The van der Waals surface area contributed by atoms with Gasteiger partial charge in [0.1, 0.15) is 0 Å². The first-order valence-electron chi connectivity index (χ1n) is 8.49. The number of piperidine rings is 1. The van der Waals surface area contributed by atoms with Crippen molar-refractivity contribution in [3.05, 3.63) is 34.9 Å². The van der Waals surface area contributed by atoms with Crippen LogP contribution < -0.4 is 5.32 Å². The number of amides is 1. The van der Waals surface area contributed by atoms with Crippen LogP contribution in [0, 0.1) is 25.2 Å². The number of nitrogens with one attached hydrogen (secondary N) is 1. The molecule has 4 heteroatoms. The van der Waals surface area contributed by atoms with Crippen LogP contribution in [0.2, 0.25) is 0 Å². The summed E-state index contributed by atoms with van der Waals surface area (Å²) < 4.78 is 0. The molecular weight excluding hydrogens is 308 g/mol. The van der Waals surface area contributed by atoms with Crippen molar-refractivity contribution in [2.75, 3.05) is 20.1 Å². The van der Waals surface area contributed by atoms with Gasteiger partial charge in [-0.2, -0.15) is 0 Å². The van der Waals surface area contributed by atoms with Crippen LogP contribution in [0.25, 0.3) is 0 Å². The zero-order valence-corrected chi connectivity index (χ0v) is 15.5. The Morgan fingerprint density at radius 2 is 1.96 bits per heavy atom. The van der Waals surface area contributed by atoms with Gasteiger partial charge in [0, 0.05) is 13.0 Å². The molecular formula is C19H29ClN2O. The van der Waals surface area contributed by atoms with Crippen LogP contribution in [-0.2, 0) is 4.79 Å².